The fourth-order valence-corrected chi connectivity index (χ4v) is 4.16. The third-order valence-corrected chi connectivity index (χ3v) is 6.18. The van der Waals surface area contributed by atoms with Crippen LogP contribution in [0.5, 0.6) is 0 Å². The molecule has 6 heteroatoms. The second-order valence-electron chi connectivity index (χ2n) is 8.37. The molecule has 0 radical (unpaired) electrons. The number of halogens is 2. The van der Waals surface area contributed by atoms with Gasteiger partial charge in [0.05, 0.1) is 12.6 Å². The zero-order chi connectivity index (χ0) is 22.1. The summed E-state index contributed by atoms with van der Waals surface area (Å²) in [5.74, 6) is -0.427. The molecule has 162 valence electrons. The van der Waals surface area contributed by atoms with Gasteiger partial charge in [0.25, 0.3) is 0 Å². The molecule has 4 rings (SSSR count). The predicted molar refractivity (Wildman–Crippen MR) is 122 cm³/mol. The predicted octanol–water partition coefficient (Wildman–Crippen LogP) is 5.47. The Morgan fingerprint density at radius 3 is 2.42 bits per heavy atom. The minimum absolute atomic E-state index is 0.170. The van der Waals surface area contributed by atoms with Gasteiger partial charge in [0.1, 0.15) is 5.82 Å². The number of anilines is 1. The molecule has 2 aliphatic rings. The Morgan fingerprint density at radius 2 is 1.84 bits per heavy atom. The molecule has 2 aliphatic heterocycles. The van der Waals surface area contributed by atoms with Crippen molar-refractivity contribution in [3.05, 3.63) is 90.0 Å². The summed E-state index contributed by atoms with van der Waals surface area (Å²) < 4.78 is 28.6. The summed E-state index contributed by atoms with van der Waals surface area (Å²) in [5, 5.41) is 5.34. The second-order valence-corrected chi connectivity index (χ2v) is 8.37. The van der Waals surface area contributed by atoms with E-state index in [1.807, 2.05) is 43.3 Å². The standard InChI is InChI=1S/C25H28F2N4/c1-17(2)30-14-21(15-30)18(3)31(22-8-6-5-7-9-22)16-20-11-10-19(12-23(20)26)24-13-25(27)28-29(24)4/h5-12,21,24H,1,3,13-16H2,2,4H3. The molecule has 0 N–H and O–H groups in total. The molecule has 1 saturated heterocycles. The second kappa shape index (κ2) is 8.53. The van der Waals surface area contributed by atoms with Crippen LogP contribution in [0.2, 0.25) is 0 Å². The van der Waals surface area contributed by atoms with Crippen LogP contribution in [0.1, 0.15) is 30.5 Å². The Kier molecular flexibility index (Phi) is 5.81. The van der Waals surface area contributed by atoms with Crippen molar-refractivity contribution in [2.45, 2.75) is 25.9 Å². The van der Waals surface area contributed by atoms with Crippen LogP contribution in [0, 0.1) is 11.7 Å². The molecule has 1 fully saturated rings. The van der Waals surface area contributed by atoms with E-state index >= 15 is 4.39 Å². The molecule has 1 unspecified atom stereocenters. The van der Waals surface area contributed by atoms with Crippen molar-refractivity contribution >= 4 is 11.7 Å². The molecule has 4 nitrogen and oxygen atoms in total. The SMILES string of the molecule is C=C(C)N1CC(C(=C)N(Cc2ccc(C3CC(F)=NN3C)cc2F)c2ccccc2)C1. The quantitative estimate of drug-likeness (QED) is 0.591. The molecular formula is C25H28F2N4. The molecule has 0 saturated carbocycles. The number of hydrazone groups is 1. The molecule has 0 spiro atoms. The zero-order valence-corrected chi connectivity index (χ0v) is 18.1. The molecule has 2 aromatic rings. The Bertz CT molecular complexity index is 1010. The number of hydrogen-bond acceptors (Lipinski definition) is 4. The summed E-state index contributed by atoms with van der Waals surface area (Å²) in [7, 11) is 1.71. The van der Waals surface area contributed by atoms with E-state index in [4.69, 9.17) is 0 Å². The lowest BCUT2D eigenvalue weighted by Gasteiger charge is -2.45. The summed E-state index contributed by atoms with van der Waals surface area (Å²) in [6.45, 7) is 12.5. The van der Waals surface area contributed by atoms with Gasteiger partial charge in [-0.3, -0.25) is 5.01 Å². The maximum Gasteiger partial charge on any atom is 0.210 e. The van der Waals surface area contributed by atoms with E-state index in [2.05, 4.69) is 28.1 Å². The minimum Gasteiger partial charge on any atom is -0.374 e. The van der Waals surface area contributed by atoms with Crippen LogP contribution in [-0.2, 0) is 6.54 Å². The fourth-order valence-electron chi connectivity index (χ4n) is 4.16. The van der Waals surface area contributed by atoms with Gasteiger partial charge in [0.2, 0.25) is 5.97 Å². The number of rotatable bonds is 7. The van der Waals surface area contributed by atoms with Gasteiger partial charge in [0, 0.05) is 55.1 Å². The number of allylic oxidation sites excluding steroid dienone is 1. The minimum atomic E-state index is -0.423. The summed E-state index contributed by atoms with van der Waals surface area (Å²) in [6, 6.07) is 14.8. The normalized spacial score (nSPS) is 18.6. The summed E-state index contributed by atoms with van der Waals surface area (Å²) >= 11 is 0. The van der Waals surface area contributed by atoms with E-state index < -0.39 is 5.97 Å². The topological polar surface area (TPSA) is 22.1 Å². The maximum absolute atomic E-state index is 15.1. The van der Waals surface area contributed by atoms with Crippen LogP contribution in [0.4, 0.5) is 14.5 Å². The first-order valence-corrected chi connectivity index (χ1v) is 10.5. The van der Waals surface area contributed by atoms with Crippen molar-refractivity contribution in [2.75, 3.05) is 25.0 Å². The van der Waals surface area contributed by atoms with E-state index in [1.54, 1.807) is 18.1 Å². The first kappa shape index (κ1) is 21.1. The van der Waals surface area contributed by atoms with Gasteiger partial charge >= 0.3 is 0 Å². The first-order chi connectivity index (χ1) is 14.8. The summed E-state index contributed by atoms with van der Waals surface area (Å²) in [4.78, 5) is 4.30. The van der Waals surface area contributed by atoms with Crippen LogP contribution in [0.25, 0.3) is 0 Å². The fraction of sp³-hybridized carbons (Fsp3) is 0.320. The van der Waals surface area contributed by atoms with Crippen LogP contribution < -0.4 is 4.90 Å². The monoisotopic (exact) mass is 422 g/mol. The third kappa shape index (κ3) is 4.33. The average Bonchev–Trinajstić information content (AvgIpc) is 3.04. The molecule has 0 aromatic heterocycles. The summed E-state index contributed by atoms with van der Waals surface area (Å²) in [6.07, 6.45) is 0.170. The van der Waals surface area contributed by atoms with Crippen molar-refractivity contribution in [1.29, 1.82) is 0 Å². The van der Waals surface area contributed by atoms with Crippen LogP contribution in [0.3, 0.4) is 0 Å². The number of likely N-dealkylation sites (tertiary alicyclic amines) is 1. The molecule has 0 bridgehead atoms. The highest BCUT2D eigenvalue weighted by atomic mass is 19.1. The molecule has 0 amide bonds. The highest BCUT2D eigenvalue weighted by Gasteiger charge is 2.32. The van der Waals surface area contributed by atoms with Crippen molar-refractivity contribution < 1.29 is 8.78 Å². The maximum atomic E-state index is 15.1. The van der Waals surface area contributed by atoms with Crippen LogP contribution in [0.15, 0.2) is 78.2 Å². The highest BCUT2D eigenvalue weighted by Crippen LogP contribution is 2.34. The lowest BCUT2D eigenvalue weighted by Crippen LogP contribution is -2.48. The Hall–Kier alpha value is -3.15. The summed E-state index contributed by atoms with van der Waals surface area (Å²) in [5.41, 5.74) is 4.30. The number of benzene rings is 2. The van der Waals surface area contributed by atoms with E-state index in [0.717, 1.165) is 35.7 Å². The van der Waals surface area contributed by atoms with E-state index in [-0.39, 0.29) is 18.3 Å². The average molecular weight is 423 g/mol. The molecule has 0 aliphatic carbocycles. The Morgan fingerprint density at radius 1 is 1.13 bits per heavy atom. The molecule has 1 atom stereocenters. The van der Waals surface area contributed by atoms with E-state index in [9.17, 15) is 4.39 Å². The van der Waals surface area contributed by atoms with Gasteiger partial charge in [-0.25, -0.2) is 4.39 Å². The van der Waals surface area contributed by atoms with Crippen molar-refractivity contribution in [3.63, 3.8) is 0 Å². The van der Waals surface area contributed by atoms with Crippen molar-refractivity contribution in [1.82, 2.24) is 9.91 Å². The van der Waals surface area contributed by atoms with Gasteiger partial charge in [0.15, 0.2) is 0 Å². The Labute approximate surface area is 182 Å². The number of para-hydroxylation sites is 1. The molecule has 2 aromatic carbocycles. The van der Waals surface area contributed by atoms with Gasteiger partial charge in [-0.15, -0.1) is 0 Å². The van der Waals surface area contributed by atoms with E-state index in [0.29, 0.717) is 18.0 Å². The third-order valence-electron chi connectivity index (χ3n) is 6.18. The Balaban J connectivity index is 1.55. The van der Waals surface area contributed by atoms with Crippen LogP contribution in [-0.4, -0.2) is 36.0 Å². The van der Waals surface area contributed by atoms with Gasteiger partial charge < -0.3 is 9.80 Å². The zero-order valence-electron chi connectivity index (χ0n) is 18.1. The van der Waals surface area contributed by atoms with Crippen molar-refractivity contribution in [3.8, 4) is 0 Å². The van der Waals surface area contributed by atoms with Gasteiger partial charge in [-0.1, -0.05) is 43.5 Å². The lowest BCUT2D eigenvalue weighted by atomic mass is 9.94. The van der Waals surface area contributed by atoms with Crippen molar-refractivity contribution in [2.24, 2.45) is 11.0 Å². The lowest BCUT2D eigenvalue weighted by molar-refractivity contribution is 0.169. The van der Waals surface area contributed by atoms with E-state index in [1.165, 1.54) is 6.07 Å². The van der Waals surface area contributed by atoms with Crippen LogP contribution >= 0.6 is 0 Å². The molecular weight excluding hydrogens is 394 g/mol. The smallest absolute Gasteiger partial charge is 0.210 e. The molecule has 2 heterocycles. The molecule has 31 heavy (non-hydrogen) atoms. The largest absolute Gasteiger partial charge is 0.374 e. The number of hydrogen-bond donors (Lipinski definition) is 0. The first-order valence-electron chi connectivity index (χ1n) is 10.5. The number of nitrogens with zero attached hydrogens (tertiary/aromatic N) is 4. The van der Waals surface area contributed by atoms with Gasteiger partial charge in [-0.2, -0.15) is 9.49 Å². The highest BCUT2D eigenvalue weighted by molar-refractivity contribution is 5.77. The van der Waals surface area contributed by atoms with Gasteiger partial charge in [-0.05, 0) is 30.7 Å².